The molecule has 1 aliphatic carbocycles. The summed E-state index contributed by atoms with van der Waals surface area (Å²) in [7, 11) is 0. The number of rotatable bonds is 3. The summed E-state index contributed by atoms with van der Waals surface area (Å²) in [6.45, 7) is 10.4. The van der Waals surface area contributed by atoms with E-state index in [1.54, 1.807) is 0 Å². The van der Waals surface area contributed by atoms with E-state index < -0.39 is 0 Å². The van der Waals surface area contributed by atoms with E-state index >= 15 is 0 Å². The third-order valence-electron chi connectivity index (χ3n) is 3.63. The standard InChI is InChI=1S/C13H22O/c1-9(2)5-7-12-10(3)6-8-13(14)11(12)4/h10-12H,1,5-8H2,2-4H3/t10-,11+,12+/m0/s1. The Hall–Kier alpha value is -0.590. The Kier molecular flexibility index (Phi) is 3.91. The highest BCUT2D eigenvalue weighted by Crippen LogP contribution is 2.35. The molecule has 1 rings (SSSR count). The molecule has 1 fully saturated rings. The van der Waals surface area contributed by atoms with Crippen LogP contribution in [-0.4, -0.2) is 5.78 Å². The maximum absolute atomic E-state index is 11.6. The Balaban J connectivity index is 2.54. The molecule has 1 nitrogen and oxygen atoms in total. The van der Waals surface area contributed by atoms with Gasteiger partial charge in [-0.2, -0.15) is 0 Å². The SMILES string of the molecule is C=C(C)CC[C@@H]1[C@@H](C)CCC(=O)[C@@H]1C. The maximum atomic E-state index is 11.6. The minimum Gasteiger partial charge on any atom is -0.299 e. The second-order valence-electron chi connectivity index (χ2n) is 4.93. The van der Waals surface area contributed by atoms with E-state index in [1.165, 1.54) is 5.57 Å². The molecule has 80 valence electrons. The van der Waals surface area contributed by atoms with Crippen LogP contribution in [0.2, 0.25) is 0 Å². The molecule has 0 aromatic carbocycles. The Morgan fingerprint density at radius 1 is 1.50 bits per heavy atom. The summed E-state index contributed by atoms with van der Waals surface area (Å²) < 4.78 is 0. The summed E-state index contributed by atoms with van der Waals surface area (Å²) in [5, 5.41) is 0. The smallest absolute Gasteiger partial charge is 0.135 e. The lowest BCUT2D eigenvalue weighted by atomic mass is 9.71. The Bertz CT molecular complexity index is 229. The number of carbonyl (C=O) groups is 1. The minimum atomic E-state index is 0.276. The van der Waals surface area contributed by atoms with Gasteiger partial charge in [-0.25, -0.2) is 0 Å². The molecule has 0 heterocycles. The Morgan fingerprint density at radius 3 is 2.71 bits per heavy atom. The molecular formula is C13H22O. The highest BCUT2D eigenvalue weighted by molar-refractivity contribution is 5.81. The fraction of sp³-hybridized carbons (Fsp3) is 0.769. The first-order valence-corrected chi connectivity index (χ1v) is 5.69. The molecule has 0 bridgehead atoms. The van der Waals surface area contributed by atoms with Crippen LogP contribution >= 0.6 is 0 Å². The lowest BCUT2D eigenvalue weighted by Gasteiger charge is -2.33. The number of ketones is 1. The van der Waals surface area contributed by atoms with Crippen molar-refractivity contribution in [2.45, 2.75) is 46.5 Å². The van der Waals surface area contributed by atoms with Gasteiger partial charge in [0, 0.05) is 12.3 Å². The van der Waals surface area contributed by atoms with E-state index in [9.17, 15) is 4.79 Å². The van der Waals surface area contributed by atoms with Gasteiger partial charge in [0.05, 0.1) is 0 Å². The average molecular weight is 194 g/mol. The molecule has 3 atom stereocenters. The predicted octanol–water partition coefficient (Wildman–Crippen LogP) is 3.59. The van der Waals surface area contributed by atoms with Crippen molar-refractivity contribution in [1.29, 1.82) is 0 Å². The molecule has 0 spiro atoms. The highest BCUT2D eigenvalue weighted by atomic mass is 16.1. The van der Waals surface area contributed by atoms with Crippen LogP contribution in [0, 0.1) is 17.8 Å². The van der Waals surface area contributed by atoms with Crippen molar-refractivity contribution in [1.82, 2.24) is 0 Å². The van der Waals surface area contributed by atoms with Gasteiger partial charge in [-0.05, 0) is 38.0 Å². The summed E-state index contributed by atoms with van der Waals surface area (Å²) in [4.78, 5) is 11.6. The van der Waals surface area contributed by atoms with E-state index in [-0.39, 0.29) is 5.92 Å². The predicted molar refractivity (Wildman–Crippen MR) is 60.1 cm³/mol. The average Bonchev–Trinajstić information content (AvgIpc) is 2.11. The molecule has 0 saturated heterocycles. The van der Waals surface area contributed by atoms with Crippen molar-refractivity contribution in [3.63, 3.8) is 0 Å². The fourth-order valence-electron chi connectivity index (χ4n) is 2.49. The van der Waals surface area contributed by atoms with Crippen molar-refractivity contribution in [2.75, 3.05) is 0 Å². The Morgan fingerprint density at radius 2 is 2.14 bits per heavy atom. The van der Waals surface area contributed by atoms with Gasteiger partial charge in [0.2, 0.25) is 0 Å². The van der Waals surface area contributed by atoms with Crippen molar-refractivity contribution < 1.29 is 4.79 Å². The molecule has 0 aromatic heterocycles. The number of Topliss-reactive ketones (excluding diaryl/α,β-unsaturated/α-hetero) is 1. The van der Waals surface area contributed by atoms with Gasteiger partial charge < -0.3 is 0 Å². The number of hydrogen-bond donors (Lipinski definition) is 0. The van der Waals surface area contributed by atoms with E-state index in [4.69, 9.17) is 0 Å². The summed E-state index contributed by atoms with van der Waals surface area (Å²) in [6, 6.07) is 0. The molecule has 0 aliphatic heterocycles. The molecule has 0 amide bonds. The van der Waals surface area contributed by atoms with Gasteiger partial charge in [-0.15, -0.1) is 6.58 Å². The van der Waals surface area contributed by atoms with Crippen molar-refractivity contribution >= 4 is 5.78 Å². The molecule has 0 radical (unpaired) electrons. The molecule has 0 N–H and O–H groups in total. The molecular weight excluding hydrogens is 172 g/mol. The van der Waals surface area contributed by atoms with E-state index in [2.05, 4.69) is 27.4 Å². The van der Waals surface area contributed by atoms with Crippen LogP contribution < -0.4 is 0 Å². The van der Waals surface area contributed by atoms with Gasteiger partial charge in [0.15, 0.2) is 0 Å². The van der Waals surface area contributed by atoms with Crippen LogP contribution in [0.4, 0.5) is 0 Å². The van der Waals surface area contributed by atoms with Gasteiger partial charge in [0.25, 0.3) is 0 Å². The van der Waals surface area contributed by atoms with Gasteiger partial charge in [-0.3, -0.25) is 4.79 Å². The quantitative estimate of drug-likeness (QED) is 0.627. The first kappa shape index (κ1) is 11.5. The molecule has 1 saturated carbocycles. The number of carbonyl (C=O) groups excluding carboxylic acids is 1. The minimum absolute atomic E-state index is 0.276. The Labute approximate surface area is 87.6 Å². The van der Waals surface area contributed by atoms with Crippen LogP contribution in [0.3, 0.4) is 0 Å². The van der Waals surface area contributed by atoms with Crippen LogP contribution in [0.15, 0.2) is 12.2 Å². The summed E-state index contributed by atoms with van der Waals surface area (Å²) in [5.74, 6) is 2.04. The summed E-state index contributed by atoms with van der Waals surface area (Å²) in [6.07, 6.45) is 4.10. The lowest BCUT2D eigenvalue weighted by molar-refractivity contribution is -0.127. The van der Waals surface area contributed by atoms with Crippen LogP contribution in [0.5, 0.6) is 0 Å². The van der Waals surface area contributed by atoms with Gasteiger partial charge >= 0.3 is 0 Å². The first-order chi connectivity index (χ1) is 6.52. The maximum Gasteiger partial charge on any atom is 0.135 e. The third-order valence-corrected chi connectivity index (χ3v) is 3.63. The fourth-order valence-corrected chi connectivity index (χ4v) is 2.49. The molecule has 0 unspecified atom stereocenters. The normalized spacial score (nSPS) is 33.1. The van der Waals surface area contributed by atoms with Crippen LogP contribution in [0.25, 0.3) is 0 Å². The van der Waals surface area contributed by atoms with Crippen LogP contribution in [-0.2, 0) is 4.79 Å². The largest absolute Gasteiger partial charge is 0.299 e. The second kappa shape index (κ2) is 4.77. The molecule has 1 aliphatic rings. The van der Waals surface area contributed by atoms with Crippen molar-refractivity contribution in [3.8, 4) is 0 Å². The zero-order chi connectivity index (χ0) is 10.7. The molecule has 14 heavy (non-hydrogen) atoms. The van der Waals surface area contributed by atoms with Gasteiger partial charge in [0.1, 0.15) is 5.78 Å². The molecule has 0 aromatic rings. The van der Waals surface area contributed by atoms with Gasteiger partial charge in [-0.1, -0.05) is 19.4 Å². The second-order valence-corrected chi connectivity index (χ2v) is 4.93. The summed E-state index contributed by atoms with van der Waals surface area (Å²) in [5.41, 5.74) is 1.24. The molecule has 1 heteroatoms. The van der Waals surface area contributed by atoms with Crippen molar-refractivity contribution in [2.24, 2.45) is 17.8 Å². The number of hydrogen-bond acceptors (Lipinski definition) is 1. The number of allylic oxidation sites excluding steroid dienone is 1. The third kappa shape index (κ3) is 2.70. The topological polar surface area (TPSA) is 17.1 Å². The zero-order valence-electron chi connectivity index (χ0n) is 9.68. The van der Waals surface area contributed by atoms with Crippen molar-refractivity contribution in [3.05, 3.63) is 12.2 Å². The monoisotopic (exact) mass is 194 g/mol. The van der Waals surface area contributed by atoms with E-state index in [1.807, 2.05) is 0 Å². The lowest BCUT2D eigenvalue weighted by Crippen LogP contribution is -2.31. The zero-order valence-corrected chi connectivity index (χ0v) is 9.68. The van der Waals surface area contributed by atoms with E-state index in [0.717, 1.165) is 25.7 Å². The first-order valence-electron chi connectivity index (χ1n) is 5.69. The van der Waals surface area contributed by atoms with Crippen LogP contribution in [0.1, 0.15) is 46.5 Å². The highest BCUT2D eigenvalue weighted by Gasteiger charge is 2.32. The van der Waals surface area contributed by atoms with E-state index in [0.29, 0.717) is 17.6 Å². The summed E-state index contributed by atoms with van der Waals surface area (Å²) >= 11 is 0.